The summed E-state index contributed by atoms with van der Waals surface area (Å²) in [7, 11) is 0. The third-order valence-corrected chi connectivity index (χ3v) is 5.37. The van der Waals surface area contributed by atoms with Crippen molar-refractivity contribution < 1.29 is 10.2 Å². The zero-order chi connectivity index (χ0) is 14.5. The summed E-state index contributed by atoms with van der Waals surface area (Å²) in [5.41, 5.74) is 1.51. The number of allylic oxidation sites excluding steroid dienone is 1. The van der Waals surface area contributed by atoms with Gasteiger partial charge in [-0.3, -0.25) is 0 Å². The lowest BCUT2D eigenvalue weighted by atomic mass is 9.68. The highest BCUT2D eigenvalue weighted by molar-refractivity contribution is 5.12. The van der Waals surface area contributed by atoms with E-state index in [1.54, 1.807) is 0 Å². The van der Waals surface area contributed by atoms with Crippen molar-refractivity contribution in [2.75, 3.05) is 0 Å². The molecule has 0 aromatic carbocycles. The predicted molar refractivity (Wildman–Crippen MR) is 83.5 cm³/mol. The maximum atomic E-state index is 10.4. The Bertz CT molecular complexity index is 323. The molecule has 2 heteroatoms. The van der Waals surface area contributed by atoms with Gasteiger partial charge in [-0.15, -0.1) is 0 Å². The quantitative estimate of drug-likeness (QED) is 0.746. The van der Waals surface area contributed by atoms with Crippen LogP contribution in [-0.2, 0) is 0 Å². The molecule has 0 heterocycles. The largest absolute Gasteiger partial charge is 0.393 e. The Kier molecular flexibility index (Phi) is 6.10. The van der Waals surface area contributed by atoms with E-state index in [-0.39, 0.29) is 24.0 Å². The van der Waals surface area contributed by atoms with Crippen LogP contribution in [0.3, 0.4) is 0 Å². The van der Waals surface area contributed by atoms with Gasteiger partial charge in [0.2, 0.25) is 0 Å². The van der Waals surface area contributed by atoms with E-state index in [0.717, 1.165) is 38.0 Å². The molecule has 5 atom stereocenters. The van der Waals surface area contributed by atoms with Gasteiger partial charge in [0.05, 0.1) is 12.2 Å². The minimum atomic E-state index is -0.240. The molecule has 1 fully saturated rings. The molecule has 2 rings (SSSR count). The number of rotatable bonds is 5. The zero-order valence-corrected chi connectivity index (χ0v) is 13.2. The molecule has 0 radical (unpaired) electrons. The lowest BCUT2D eigenvalue weighted by molar-refractivity contribution is -0.0175. The van der Waals surface area contributed by atoms with Gasteiger partial charge in [-0.2, -0.15) is 0 Å². The van der Waals surface area contributed by atoms with Crippen molar-refractivity contribution in [2.24, 2.45) is 17.8 Å². The molecule has 0 aromatic heterocycles. The maximum absolute atomic E-state index is 10.4. The van der Waals surface area contributed by atoms with E-state index in [1.165, 1.54) is 31.3 Å². The second-order valence-corrected chi connectivity index (χ2v) is 6.96. The van der Waals surface area contributed by atoms with Crippen molar-refractivity contribution in [1.29, 1.82) is 0 Å². The Morgan fingerprint density at radius 2 is 1.85 bits per heavy atom. The summed E-state index contributed by atoms with van der Waals surface area (Å²) in [4.78, 5) is 0. The van der Waals surface area contributed by atoms with Crippen LogP contribution in [0, 0.1) is 17.8 Å². The van der Waals surface area contributed by atoms with Crippen LogP contribution in [0.25, 0.3) is 0 Å². The summed E-state index contributed by atoms with van der Waals surface area (Å²) in [6.45, 7) is 4.46. The molecule has 0 aliphatic heterocycles. The standard InChI is InChI=1S/C18H32O2/c1-3-5-13-7-9-17(19)15(11-13)16-12-14(6-4-2)8-10-18(16)20/h11,14-20H,3-10,12H2,1-2H3. The van der Waals surface area contributed by atoms with Gasteiger partial charge in [0.25, 0.3) is 0 Å². The molecule has 0 bridgehead atoms. The van der Waals surface area contributed by atoms with Gasteiger partial charge in [0.15, 0.2) is 0 Å². The SMILES string of the molecule is CCCC1=CC(C2CC(CCC)CCC2O)C(O)CC1. The number of hydrogen-bond acceptors (Lipinski definition) is 2. The fourth-order valence-electron chi connectivity index (χ4n) is 4.30. The van der Waals surface area contributed by atoms with Gasteiger partial charge in [-0.05, 0) is 50.4 Å². The third-order valence-electron chi connectivity index (χ3n) is 5.37. The van der Waals surface area contributed by atoms with Crippen LogP contribution in [0.1, 0.15) is 71.6 Å². The van der Waals surface area contributed by atoms with Crippen LogP contribution in [0.4, 0.5) is 0 Å². The Morgan fingerprint density at radius 1 is 1.05 bits per heavy atom. The van der Waals surface area contributed by atoms with E-state index in [4.69, 9.17) is 0 Å². The van der Waals surface area contributed by atoms with E-state index < -0.39 is 0 Å². The molecular formula is C18H32O2. The fourth-order valence-corrected chi connectivity index (χ4v) is 4.30. The van der Waals surface area contributed by atoms with Crippen LogP contribution in [0.15, 0.2) is 11.6 Å². The number of hydrogen-bond donors (Lipinski definition) is 2. The summed E-state index contributed by atoms with van der Waals surface area (Å²) in [5, 5.41) is 20.8. The zero-order valence-electron chi connectivity index (χ0n) is 13.2. The van der Waals surface area contributed by atoms with Gasteiger partial charge in [-0.25, -0.2) is 0 Å². The first-order chi connectivity index (χ1) is 9.65. The molecule has 0 spiro atoms. The lowest BCUT2D eigenvalue weighted by Crippen LogP contribution is -2.40. The molecule has 1 saturated carbocycles. The molecular weight excluding hydrogens is 248 g/mol. The minimum absolute atomic E-state index is 0.194. The Hall–Kier alpha value is -0.340. The predicted octanol–water partition coefficient (Wildman–Crippen LogP) is 4.06. The van der Waals surface area contributed by atoms with Crippen LogP contribution in [0.5, 0.6) is 0 Å². The second-order valence-electron chi connectivity index (χ2n) is 6.96. The van der Waals surface area contributed by atoms with Crippen molar-refractivity contribution in [1.82, 2.24) is 0 Å². The van der Waals surface area contributed by atoms with Crippen LogP contribution in [-0.4, -0.2) is 22.4 Å². The van der Waals surface area contributed by atoms with Gasteiger partial charge in [-0.1, -0.05) is 44.8 Å². The van der Waals surface area contributed by atoms with Gasteiger partial charge < -0.3 is 10.2 Å². The van der Waals surface area contributed by atoms with E-state index in [0.29, 0.717) is 0 Å². The van der Waals surface area contributed by atoms with Crippen LogP contribution >= 0.6 is 0 Å². The van der Waals surface area contributed by atoms with Gasteiger partial charge >= 0.3 is 0 Å². The van der Waals surface area contributed by atoms with Crippen molar-refractivity contribution in [3.8, 4) is 0 Å². The van der Waals surface area contributed by atoms with E-state index >= 15 is 0 Å². The van der Waals surface area contributed by atoms with Crippen molar-refractivity contribution in [3.63, 3.8) is 0 Å². The molecule has 2 aliphatic carbocycles. The smallest absolute Gasteiger partial charge is 0.0609 e. The highest BCUT2D eigenvalue weighted by atomic mass is 16.3. The molecule has 116 valence electrons. The summed E-state index contributed by atoms with van der Waals surface area (Å²) in [5.74, 6) is 1.23. The minimum Gasteiger partial charge on any atom is -0.393 e. The fraction of sp³-hybridized carbons (Fsp3) is 0.889. The maximum Gasteiger partial charge on any atom is 0.0609 e. The van der Waals surface area contributed by atoms with Crippen LogP contribution < -0.4 is 0 Å². The molecule has 2 nitrogen and oxygen atoms in total. The van der Waals surface area contributed by atoms with E-state index in [1.807, 2.05) is 0 Å². The molecule has 0 aromatic rings. The normalized spacial score (nSPS) is 38.6. The third kappa shape index (κ3) is 3.85. The van der Waals surface area contributed by atoms with Gasteiger partial charge in [0, 0.05) is 5.92 Å². The highest BCUT2D eigenvalue weighted by Crippen LogP contribution is 2.41. The monoisotopic (exact) mass is 280 g/mol. The number of aliphatic hydroxyl groups is 2. The molecule has 0 amide bonds. The second kappa shape index (κ2) is 7.61. The summed E-state index contributed by atoms with van der Waals surface area (Å²) < 4.78 is 0. The van der Waals surface area contributed by atoms with E-state index in [9.17, 15) is 10.2 Å². The molecule has 2 N–H and O–H groups in total. The summed E-state index contributed by atoms with van der Waals surface area (Å²) >= 11 is 0. The van der Waals surface area contributed by atoms with Crippen molar-refractivity contribution >= 4 is 0 Å². The Balaban J connectivity index is 2.07. The summed E-state index contributed by atoms with van der Waals surface area (Å²) in [6.07, 6.45) is 11.8. The van der Waals surface area contributed by atoms with Gasteiger partial charge in [0.1, 0.15) is 0 Å². The summed E-state index contributed by atoms with van der Waals surface area (Å²) in [6, 6.07) is 0. The van der Waals surface area contributed by atoms with E-state index in [2.05, 4.69) is 19.9 Å². The van der Waals surface area contributed by atoms with Crippen molar-refractivity contribution in [3.05, 3.63) is 11.6 Å². The average Bonchev–Trinajstić information content (AvgIpc) is 2.44. The molecule has 20 heavy (non-hydrogen) atoms. The first kappa shape index (κ1) is 16.0. The average molecular weight is 280 g/mol. The van der Waals surface area contributed by atoms with Crippen molar-refractivity contribution in [2.45, 2.75) is 83.8 Å². The molecule has 5 unspecified atom stereocenters. The molecule has 0 saturated heterocycles. The first-order valence-electron chi connectivity index (χ1n) is 8.71. The first-order valence-corrected chi connectivity index (χ1v) is 8.71. The Morgan fingerprint density at radius 3 is 2.55 bits per heavy atom. The topological polar surface area (TPSA) is 40.5 Å². The van der Waals surface area contributed by atoms with Crippen LogP contribution in [0.2, 0.25) is 0 Å². The molecule has 2 aliphatic rings. The Labute approximate surface area is 124 Å². The lowest BCUT2D eigenvalue weighted by Gasteiger charge is -2.41. The number of aliphatic hydroxyl groups excluding tert-OH is 2. The highest BCUT2D eigenvalue weighted by Gasteiger charge is 2.37.